The molecule has 84 valence electrons. The SMILES string of the molecule is CCC(C)C(C)CCN(C)C1COC1. The van der Waals surface area contributed by atoms with E-state index in [2.05, 4.69) is 32.7 Å². The summed E-state index contributed by atoms with van der Waals surface area (Å²) in [4.78, 5) is 2.45. The molecule has 1 heterocycles. The minimum atomic E-state index is 0.694. The summed E-state index contributed by atoms with van der Waals surface area (Å²) in [7, 11) is 2.22. The second kappa shape index (κ2) is 5.72. The molecule has 0 aromatic rings. The summed E-state index contributed by atoms with van der Waals surface area (Å²) in [5, 5.41) is 0. The first-order chi connectivity index (χ1) is 6.65. The maximum absolute atomic E-state index is 5.19. The molecule has 1 fully saturated rings. The number of nitrogens with zero attached hydrogens (tertiary/aromatic N) is 1. The lowest BCUT2D eigenvalue weighted by Gasteiger charge is -2.35. The summed E-state index contributed by atoms with van der Waals surface area (Å²) in [6.07, 6.45) is 2.62. The molecule has 0 aliphatic carbocycles. The molecule has 0 radical (unpaired) electrons. The van der Waals surface area contributed by atoms with E-state index in [1.165, 1.54) is 19.4 Å². The quantitative estimate of drug-likeness (QED) is 0.651. The van der Waals surface area contributed by atoms with Crippen LogP contribution in [0.5, 0.6) is 0 Å². The minimum Gasteiger partial charge on any atom is -0.378 e. The standard InChI is InChI=1S/C12H25NO/c1-5-10(2)11(3)6-7-13(4)12-8-14-9-12/h10-12H,5-9H2,1-4H3. The Morgan fingerprint density at radius 2 is 1.93 bits per heavy atom. The molecule has 0 N–H and O–H groups in total. The molecule has 2 heteroatoms. The summed E-state index contributed by atoms with van der Waals surface area (Å²) < 4.78 is 5.19. The zero-order valence-electron chi connectivity index (χ0n) is 10.1. The molecule has 2 atom stereocenters. The highest BCUT2D eigenvalue weighted by Crippen LogP contribution is 2.19. The predicted molar refractivity (Wildman–Crippen MR) is 60.5 cm³/mol. The Balaban J connectivity index is 2.12. The lowest BCUT2D eigenvalue weighted by molar-refractivity contribution is -0.0573. The van der Waals surface area contributed by atoms with Crippen molar-refractivity contribution in [3.8, 4) is 0 Å². The molecule has 0 aromatic heterocycles. The highest BCUT2D eigenvalue weighted by atomic mass is 16.5. The van der Waals surface area contributed by atoms with Crippen LogP contribution in [0.4, 0.5) is 0 Å². The molecule has 1 saturated heterocycles. The van der Waals surface area contributed by atoms with E-state index in [-0.39, 0.29) is 0 Å². The third-order valence-electron chi connectivity index (χ3n) is 3.80. The van der Waals surface area contributed by atoms with Crippen LogP contribution in [0, 0.1) is 11.8 Å². The average Bonchev–Trinajstić information content (AvgIpc) is 2.10. The van der Waals surface area contributed by atoms with Crippen molar-refractivity contribution in [3.05, 3.63) is 0 Å². The van der Waals surface area contributed by atoms with Crippen LogP contribution in [0.3, 0.4) is 0 Å². The van der Waals surface area contributed by atoms with Gasteiger partial charge >= 0.3 is 0 Å². The summed E-state index contributed by atoms with van der Waals surface area (Å²) in [5.74, 6) is 1.71. The summed E-state index contributed by atoms with van der Waals surface area (Å²) in [5.41, 5.74) is 0. The fraction of sp³-hybridized carbons (Fsp3) is 1.00. The Bertz CT molecular complexity index is 146. The van der Waals surface area contributed by atoms with Crippen LogP contribution < -0.4 is 0 Å². The maximum atomic E-state index is 5.19. The van der Waals surface area contributed by atoms with E-state index in [9.17, 15) is 0 Å². The Morgan fingerprint density at radius 3 is 2.36 bits per heavy atom. The maximum Gasteiger partial charge on any atom is 0.0645 e. The van der Waals surface area contributed by atoms with E-state index in [4.69, 9.17) is 4.74 Å². The van der Waals surface area contributed by atoms with Gasteiger partial charge in [0.05, 0.1) is 19.3 Å². The molecule has 0 aromatic carbocycles. The molecular formula is C12H25NO. The molecule has 2 nitrogen and oxygen atoms in total. The van der Waals surface area contributed by atoms with Crippen molar-refractivity contribution in [1.82, 2.24) is 4.90 Å². The predicted octanol–water partition coefficient (Wildman–Crippen LogP) is 2.39. The number of hydrogen-bond donors (Lipinski definition) is 0. The summed E-state index contributed by atoms with van der Waals surface area (Å²) in [6.45, 7) is 10.1. The Hall–Kier alpha value is -0.0800. The van der Waals surface area contributed by atoms with Crippen molar-refractivity contribution < 1.29 is 4.74 Å². The van der Waals surface area contributed by atoms with Crippen LogP contribution in [-0.2, 0) is 4.74 Å². The molecule has 1 aliphatic rings. The van der Waals surface area contributed by atoms with E-state index in [0.29, 0.717) is 6.04 Å². The number of likely N-dealkylation sites (N-methyl/N-ethyl adjacent to an activating group) is 1. The summed E-state index contributed by atoms with van der Waals surface area (Å²) >= 11 is 0. The Morgan fingerprint density at radius 1 is 1.29 bits per heavy atom. The van der Waals surface area contributed by atoms with E-state index < -0.39 is 0 Å². The molecule has 2 unspecified atom stereocenters. The fourth-order valence-electron chi connectivity index (χ4n) is 1.75. The molecule has 14 heavy (non-hydrogen) atoms. The van der Waals surface area contributed by atoms with Gasteiger partial charge in [0.2, 0.25) is 0 Å². The van der Waals surface area contributed by atoms with Gasteiger partial charge in [0, 0.05) is 0 Å². The van der Waals surface area contributed by atoms with E-state index in [1.54, 1.807) is 0 Å². The molecule has 0 bridgehead atoms. The number of rotatable bonds is 6. The topological polar surface area (TPSA) is 12.5 Å². The molecule has 0 saturated carbocycles. The van der Waals surface area contributed by atoms with Crippen LogP contribution in [0.25, 0.3) is 0 Å². The zero-order chi connectivity index (χ0) is 10.6. The Kier molecular flexibility index (Phi) is 4.90. The second-order valence-corrected chi connectivity index (χ2v) is 4.82. The van der Waals surface area contributed by atoms with Crippen molar-refractivity contribution in [1.29, 1.82) is 0 Å². The molecule has 1 rings (SSSR count). The zero-order valence-corrected chi connectivity index (χ0v) is 10.1. The first kappa shape index (κ1) is 12.0. The van der Waals surface area contributed by atoms with Gasteiger partial charge in [-0.2, -0.15) is 0 Å². The van der Waals surface area contributed by atoms with Crippen LogP contribution >= 0.6 is 0 Å². The van der Waals surface area contributed by atoms with Crippen LogP contribution in [-0.4, -0.2) is 37.7 Å². The van der Waals surface area contributed by atoms with E-state index >= 15 is 0 Å². The Labute approximate surface area is 88.6 Å². The van der Waals surface area contributed by atoms with Crippen molar-refractivity contribution in [2.75, 3.05) is 26.8 Å². The second-order valence-electron chi connectivity index (χ2n) is 4.82. The van der Waals surface area contributed by atoms with Crippen LogP contribution in [0.2, 0.25) is 0 Å². The van der Waals surface area contributed by atoms with Gasteiger partial charge < -0.3 is 4.74 Å². The monoisotopic (exact) mass is 199 g/mol. The first-order valence-corrected chi connectivity index (χ1v) is 5.93. The van der Waals surface area contributed by atoms with Crippen molar-refractivity contribution in [2.24, 2.45) is 11.8 Å². The van der Waals surface area contributed by atoms with Gasteiger partial charge in [-0.1, -0.05) is 27.2 Å². The number of ether oxygens (including phenoxy) is 1. The first-order valence-electron chi connectivity index (χ1n) is 5.93. The van der Waals surface area contributed by atoms with E-state index in [1.807, 2.05) is 0 Å². The van der Waals surface area contributed by atoms with Gasteiger partial charge in [0.25, 0.3) is 0 Å². The molecular weight excluding hydrogens is 174 g/mol. The highest BCUT2D eigenvalue weighted by Gasteiger charge is 2.23. The molecule has 1 aliphatic heterocycles. The normalized spacial score (nSPS) is 22.1. The van der Waals surface area contributed by atoms with Gasteiger partial charge in [0.15, 0.2) is 0 Å². The lowest BCUT2D eigenvalue weighted by atomic mass is 9.90. The largest absolute Gasteiger partial charge is 0.378 e. The summed E-state index contributed by atoms with van der Waals surface area (Å²) in [6, 6.07) is 0.694. The van der Waals surface area contributed by atoms with Crippen LogP contribution in [0.15, 0.2) is 0 Å². The van der Waals surface area contributed by atoms with Crippen molar-refractivity contribution in [2.45, 2.75) is 39.7 Å². The lowest BCUT2D eigenvalue weighted by Crippen LogP contribution is -2.47. The van der Waals surface area contributed by atoms with Crippen molar-refractivity contribution in [3.63, 3.8) is 0 Å². The van der Waals surface area contributed by atoms with Crippen LogP contribution in [0.1, 0.15) is 33.6 Å². The van der Waals surface area contributed by atoms with Gasteiger partial charge in [-0.05, 0) is 31.8 Å². The fourth-order valence-corrected chi connectivity index (χ4v) is 1.75. The third kappa shape index (κ3) is 3.25. The molecule has 0 amide bonds. The highest BCUT2D eigenvalue weighted by molar-refractivity contribution is 4.75. The smallest absolute Gasteiger partial charge is 0.0645 e. The third-order valence-corrected chi connectivity index (χ3v) is 3.80. The van der Waals surface area contributed by atoms with Gasteiger partial charge in [0.1, 0.15) is 0 Å². The minimum absolute atomic E-state index is 0.694. The van der Waals surface area contributed by atoms with Gasteiger partial charge in [-0.25, -0.2) is 0 Å². The number of hydrogen-bond acceptors (Lipinski definition) is 2. The van der Waals surface area contributed by atoms with Crippen molar-refractivity contribution >= 4 is 0 Å². The van der Waals surface area contributed by atoms with Gasteiger partial charge in [-0.15, -0.1) is 0 Å². The van der Waals surface area contributed by atoms with Gasteiger partial charge in [-0.3, -0.25) is 4.90 Å². The van der Waals surface area contributed by atoms with E-state index in [0.717, 1.165) is 25.0 Å². The molecule has 0 spiro atoms. The average molecular weight is 199 g/mol.